The van der Waals surface area contributed by atoms with Gasteiger partial charge in [-0.15, -0.1) is 11.3 Å². The summed E-state index contributed by atoms with van der Waals surface area (Å²) in [7, 11) is 0. The maximum atomic E-state index is 9.08. The molecule has 4 heteroatoms. The minimum Gasteiger partial charge on any atom is -0.493 e. The fourth-order valence-corrected chi connectivity index (χ4v) is 1.74. The smallest absolute Gasteiger partial charge is 0.211 e. The first-order valence-corrected chi connectivity index (χ1v) is 3.70. The van der Waals surface area contributed by atoms with Crippen molar-refractivity contribution in [3.63, 3.8) is 0 Å². The Morgan fingerprint density at radius 2 is 2.40 bits per heavy atom. The Bertz CT molecular complexity index is 363. The van der Waals surface area contributed by atoms with Gasteiger partial charge in [-0.25, -0.2) is 4.68 Å². The average molecular weight is 154 g/mol. The van der Waals surface area contributed by atoms with E-state index >= 15 is 0 Å². The van der Waals surface area contributed by atoms with E-state index in [4.69, 9.17) is 10.9 Å². The van der Waals surface area contributed by atoms with E-state index in [-0.39, 0.29) is 5.88 Å². The van der Waals surface area contributed by atoms with Gasteiger partial charge in [0.1, 0.15) is 0 Å². The SMILES string of the molecule is Nn1c(O)cc2sccc21. The first-order chi connectivity index (χ1) is 4.79. The van der Waals surface area contributed by atoms with Crippen LogP contribution in [0.4, 0.5) is 0 Å². The van der Waals surface area contributed by atoms with Gasteiger partial charge in [-0.1, -0.05) is 0 Å². The summed E-state index contributed by atoms with van der Waals surface area (Å²) < 4.78 is 2.28. The van der Waals surface area contributed by atoms with Gasteiger partial charge in [0.05, 0.1) is 10.2 Å². The van der Waals surface area contributed by atoms with Crippen molar-refractivity contribution in [2.24, 2.45) is 0 Å². The second-order valence-corrected chi connectivity index (χ2v) is 2.99. The number of aromatic nitrogens is 1. The predicted octanol–water partition coefficient (Wildman–Crippen LogP) is 1.12. The fourth-order valence-electron chi connectivity index (χ4n) is 0.931. The Hall–Kier alpha value is -1.16. The summed E-state index contributed by atoms with van der Waals surface area (Å²) >= 11 is 1.56. The summed E-state index contributed by atoms with van der Waals surface area (Å²) in [5.41, 5.74) is 0.877. The highest BCUT2D eigenvalue weighted by Gasteiger charge is 2.03. The van der Waals surface area contributed by atoms with Crippen molar-refractivity contribution in [3.8, 4) is 5.88 Å². The minimum absolute atomic E-state index is 0.113. The van der Waals surface area contributed by atoms with Crippen LogP contribution in [0.5, 0.6) is 5.88 Å². The monoisotopic (exact) mass is 154 g/mol. The van der Waals surface area contributed by atoms with E-state index in [1.54, 1.807) is 17.4 Å². The van der Waals surface area contributed by atoms with E-state index < -0.39 is 0 Å². The second-order valence-electron chi connectivity index (χ2n) is 2.04. The molecule has 2 aromatic heterocycles. The van der Waals surface area contributed by atoms with Crippen LogP contribution in [0.25, 0.3) is 10.2 Å². The Balaban J connectivity index is 2.95. The molecule has 52 valence electrons. The van der Waals surface area contributed by atoms with E-state index in [1.807, 2.05) is 11.4 Å². The van der Waals surface area contributed by atoms with Gasteiger partial charge in [-0.2, -0.15) is 0 Å². The molecule has 0 unspecified atom stereocenters. The molecule has 3 nitrogen and oxygen atoms in total. The van der Waals surface area contributed by atoms with Crippen molar-refractivity contribution in [2.75, 3.05) is 5.84 Å². The number of rotatable bonds is 0. The molecule has 0 radical (unpaired) electrons. The summed E-state index contributed by atoms with van der Waals surface area (Å²) in [6.45, 7) is 0. The Morgan fingerprint density at radius 3 is 3.10 bits per heavy atom. The van der Waals surface area contributed by atoms with Gasteiger partial charge >= 0.3 is 0 Å². The van der Waals surface area contributed by atoms with Crippen LogP contribution in [-0.4, -0.2) is 9.78 Å². The summed E-state index contributed by atoms with van der Waals surface area (Å²) in [6.07, 6.45) is 0. The van der Waals surface area contributed by atoms with Gasteiger partial charge in [0, 0.05) is 6.07 Å². The van der Waals surface area contributed by atoms with Crippen LogP contribution in [0.2, 0.25) is 0 Å². The van der Waals surface area contributed by atoms with Crippen molar-refractivity contribution < 1.29 is 5.11 Å². The third-order valence-corrected chi connectivity index (χ3v) is 2.29. The van der Waals surface area contributed by atoms with Crippen LogP contribution >= 0.6 is 11.3 Å². The Labute approximate surface area is 61.3 Å². The molecule has 0 aliphatic heterocycles. The van der Waals surface area contributed by atoms with Gasteiger partial charge in [-0.05, 0) is 11.4 Å². The summed E-state index contributed by atoms with van der Waals surface area (Å²) in [5, 5.41) is 11.0. The molecular formula is C6H6N2OS. The molecule has 0 aromatic carbocycles. The number of nitrogens with zero attached hydrogens (tertiary/aromatic N) is 1. The van der Waals surface area contributed by atoms with Crippen molar-refractivity contribution in [1.29, 1.82) is 0 Å². The van der Waals surface area contributed by atoms with Crippen LogP contribution in [0, 0.1) is 0 Å². The molecule has 0 saturated carbocycles. The average Bonchev–Trinajstić information content (AvgIpc) is 2.41. The molecule has 0 bridgehead atoms. The van der Waals surface area contributed by atoms with Crippen LogP contribution in [0.15, 0.2) is 17.5 Å². The molecule has 0 amide bonds. The van der Waals surface area contributed by atoms with Crippen LogP contribution < -0.4 is 5.84 Å². The number of fused-ring (bicyclic) bond motifs is 1. The summed E-state index contributed by atoms with van der Waals surface area (Å²) in [5.74, 6) is 5.57. The van der Waals surface area contributed by atoms with Crippen LogP contribution in [-0.2, 0) is 0 Å². The lowest BCUT2D eigenvalue weighted by atomic mass is 10.5. The minimum atomic E-state index is 0.113. The number of hydrogen-bond donors (Lipinski definition) is 2. The molecule has 0 aliphatic carbocycles. The van der Waals surface area contributed by atoms with Gasteiger partial charge < -0.3 is 10.9 Å². The predicted molar refractivity (Wildman–Crippen MR) is 41.6 cm³/mol. The highest BCUT2D eigenvalue weighted by Crippen LogP contribution is 2.26. The van der Waals surface area contributed by atoms with E-state index in [0.29, 0.717) is 0 Å². The first-order valence-electron chi connectivity index (χ1n) is 2.82. The quantitative estimate of drug-likeness (QED) is 0.559. The fraction of sp³-hybridized carbons (Fsp3) is 0. The lowest BCUT2D eigenvalue weighted by molar-refractivity contribution is 0.441. The van der Waals surface area contributed by atoms with Crippen molar-refractivity contribution in [1.82, 2.24) is 4.68 Å². The van der Waals surface area contributed by atoms with Crippen molar-refractivity contribution >= 4 is 21.6 Å². The molecule has 0 atom stereocenters. The maximum absolute atomic E-state index is 9.08. The Kier molecular flexibility index (Phi) is 0.935. The third-order valence-electron chi connectivity index (χ3n) is 1.44. The number of aromatic hydroxyl groups is 1. The molecule has 3 N–H and O–H groups in total. The van der Waals surface area contributed by atoms with Crippen molar-refractivity contribution in [3.05, 3.63) is 17.5 Å². The zero-order valence-electron chi connectivity index (χ0n) is 5.11. The molecule has 0 aliphatic rings. The van der Waals surface area contributed by atoms with Gasteiger partial charge in [0.2, 0.25) is 5.88 Å². The number of thiophene rings is 1. The molecular weight excluding hydrogens is 148 g/mol. The maximum Gasteiger partial charge on any atom is 0.211 e. The zero-order chi connectivity index (χ0) is 7.14. The topological polar surface area (TPSA) is 51.2 Å². The van der Waals surface area contributed by atoms with E-state index in [0.717, 1.165) is 10.2 Å². The summed E-state index contributed by atoms with van der Waals surface area (Å²) in [6, 6.07) is 3.53. The number of hydrogen-bond acceptors (Lipinski definition) is 3. The van der Waals surface area contributed by atoms with Crippen LogP contribution in [0.1, 0.15) is 0 Å². The van der Waals surface area contributed by atoms with E-state index in [2.05, 4.69) is 0 Å². The molecule has 2 aromatic rings. The standard InChI is InChI=1S/C6H6N2OS/c7-8-4-1-2-10-5(4)3-6(8)9/h1-3,9H,7H2. The molecule has 10 heavy (non-hydrogen) atoms. The van der Waals surface area contributed by atoms with Crippen LogP contribution in [0.3, 0.4) is 0 Å². The molecule has 0 spiro atoms. The number of nitrogens with two attached hydrogens (primary N) is 1. The lowest BCUT2D eigenvalue weighted by Crippen LogP contribution is -2.05. The van der Waals surface area contributed by atoms with E-state index in [1.165, 1.54) is 4.68 Å². The lowest BCUT2D eigenvalue weighted by Gasteiger charge is -1.92. The summed E-state index contributed by atoms with van der Waals surface area (Å²) in [4.78, 5) is 0. The first kappa shape index (κ1) is 5.61. The van der Waals surface area contributed by atoms with Crippen molar-refractivity contribution in [2.45, 2.75) is 0 Å². The second kappa shape index (κ2) is 1.67. The van der Waals surface area contributed by atoms with Gasteiger partial charge in [0.25, 0.3) is 0 Å². The zero-order valence-corrected chi connectivity index (χ0v) is 5.93. The molecule has 0 fully saturated rings. The molecule has 2 rings (SSSR count). The van der Waals surface area contributed by atoms with E-state index in [9.17, 15) is 0 Å². The van der Waals surface area contributed by atoms with Gasteiger partial charge in [-0.3, -0.25) is 0 Å². The normalized spacial score (nSPS) is 10.8. The highest BCUT2D eigenvalue weighted by molar-refractivity contribution is 7.17. The third kappa shape index (κ3) is 0.537. The highest BCUT2D eigenvalue weighted by atomic mass is 32.1. The largest absolute Gasteiger partial charge is 0.493 e. The molecule has 2 heterocycles. The molecule has 0 saturated heterocycles. The number of nitrogen functional groups attached to an aromatic ring is 1. The Morgan fingerprint density at radius 1 is 1.60 bits per heavy atom. The van der Waals surface area contributed by atoms with Gasteiger partial charge in [0.15, 0.2) is 0 Å².